The van der Waals surface area contributed by atoms with Gasteiger partial charge in [0.25, 0.3) is 0 Å². The summed E-state index contributed by atoms with van der Waals surface area (Å²) in [7, 11) is -3.25. The molecule has 0 spiro atoms. The van der Waals surface area contributed by atoms with Crippen LogP contribution >= 0.6 is 23.2 Å². The molecular weight excluding hydrogens is 329 g/mol. The van der Waals surface area contributed by atoms with Crippen LogP contribution in [-0.2, 0) is 16.4 Å². The van der Waals surface area contributed by atoms with E-state index in [2.05, 4.69) is 5.32 Å². The highest BCUT2D eigenvalue weighted by Gasteiger charge is 2.10. The van der Waals surface area contributed by atoms with Gasteiger partial charge in [0.1, 0.15) is 0 Å². The number of halogens is 2. The Morgan fingerprint density at radius 2 is 1.81 bits per heavy atom. The van der Waals surface area contributed by atoms with Crippen LogP contribution in [0.5, 0.6) is 0 Å². The predicted molar refractivity (Wildman–Crippen MR) is 88.1 cm³/mol. The Kier molecular flexibility index (Phi) is 4.81. The fraction of sp³-hybridized carbons (Fsp3) is 0.200. The van der Waals surface area contributed by atoms with Crippen LogP contribution in [0.15, 0.2) is 41.3 Å². The molecule has 2 aromatic rings. The van der Waals surface area contributed by atoms with Crippen molar-refractivity contribution in [3.63, 3.8) is 0 Å². The van der Waals surface area contributed by atoms with Crippen molar-refractivity contribution in [3.8, 4) is 0 Å². The van der Waals surface area contributed by atoms with E-state index in [-0.39, 0.29) is 4.90 Å². The molecule has 0 aliphatic carbocycles. The second-order valence-electron chi connectivity index (χ2n) is 4.84. The number of benzene rings is 2. The molecule has 0 fully saturated rings. The molecule has 2 aromatic carbocycles. The van der Waals surface area contributed by atoms with Gasteiger partial charge < -0.3 is 5.32 Å². The molecule has 0 bridgehead atoms. The van der Waals surface area contributed by atoms with Crippen LogP contribution in [0, 0.1) is 6.92 Å². The van der Waals surface area contributed by atoms with Gasteiger partial charge in [-0.3, -0.25) is 0 Å². The molecule has 3 nitrogen and oxygen atoms in total. The summed E-state index contributed by atoms with van der Waals surface area (Å²) in [6, 6.07) is 10.3. The Labute approximate surface area is 134 Å². The Hall–Kier alpha value is -1.23. The summed E-state index contributed by atoms with van der Waals surface area (Å²) in [6.45, 7) is 2.51. The van der Waals surface area contributed by atoms with E-state index in [0.29, 0.717) is 22.3 Å². The first-order valence-corrected chi connectivity index (χ1v) is 8.90. The summed E-state index contributed by atoms with van der Waals surface area (Å²) >= 11 is 12.0. The largest absolute Gasteiger partial charge is 0.380 e. The minimum Gasteiger partial charge on any atom is -0.380 e. The van der Waals surface area contributed by atoms with Gasteiger partial charge in [0, 0.05) is 17.8 Å². The lowest BCUT2D eigenvalue weighted by Crippen LogP contribution is -2.04. The Bertz CT molecular complexity index is 773. The third-order valence-electron chi connectivity index (χ3n) is 3.14. The smallest absolute Gasteiger partial charge is 0.175 e. The summed E-state index contributed by atoms with van der Waals surface area (Å²) < 4.78 is 23.2. The van der Waals surface area contributed by atoms with Crippen LogP contribution in [-0.4, -0.2) is 14.7 Å². The molecule has 21 heavy (non-hydrogen) atoms. The number of anilines is 1. The normalized spacial score (nSPS) is 11.4. The fourth-order valence-electron chi connectivity index (χ4n) is 1.92. The highest BCUT2D eigenvalue weighted by Crippen LogP contribution is 2.26. The molecule has 0 aromatic heterocycles. The lowest BCUT2D eigenvalue weighted by molar-refractivity contribution is 0.602. The first-order chi connectivity index (χ1) is 9.77. The van der Waals surface area contributed by atoms with E-state index >= 15 is 0 Å². The van der Waals surface area contributed by atoms with Crippen molar-refractivity contribution in [1.29, 1.82) is 0 Å². The zero-order valence-electron chi connectivity index (χ0n) is 11.7. The van der Waals surface area contributed by atoms with E-state index in [0.717, 1.165) is 11.1 Å². The van der Waals surface area contributed by atoms with E-state index in [1.807, 2.05) is 25.1 Å². The minimum atomic E-state index is -3.25. The molecule has 2 rings (SSSR count). The molecule has 0 amide bonds. The van der Waals surface area contributed by atoms with Crippen molar-refractivity contribution >= 4 is 38.7 Å². The van der Waals surface area contributed by atoms with Crippen molar-refractivity contribution in [1.82, 2.24) is 0 Å². The van der Waals surface area contributed by atoms with Gasteiger partial charge in [0.05, 0.1) is 15.6 Å². The summed E-state index contributed by atoms with van der Waals surface area (Å²) in [5.41, 5.74) is 2.72. The van der Waals surface area contributed by atoms with Gasteiger partial charge in [-0.15, -0.1) is 0 Å². The molecule has 0 atom stereocenters. The molecule has 0 radical (unpaired) electrons. The molecule has 0 aliphatic heterocycles. The van der Waals surface area contributed by atoms with Crippen molar-refractivity contribution in [2.75, 3.05) is 11.6 Å². The molecule has 0 saturated carbocycles. The summed E-state index contributed by atoms with van der Waals surface area (Å²) in [6.07, 6.45) is 1.17. The first-order valence-electron chi connectivity index (χ1n) is 6.26. The monoisotopic (exact) mass is 343 g/mol. The zero-order valence-corrected chi connectivity index (χ0v) is 14.0. The number of aryl methyl sites for hydroxylation is 1. The zero-order chi connectivity index (χ0) is 15.6. The van der Waals surface area contributed by atoms with Gasteiger partial charge in [0.15, 0.2) is 9.84 Å². The van der Waals surface area contributed by atoms with Crippen molar-refractivity contribution in [2.45, 2.75) is 18.4 Å². The standard InChI is InChI=1S/C15H15Cl2NO2S/c1-10-7-12(16)4-3-11(10)9-18-15-8-13(21(2,19)20)5-6-14(15)17/h3-8,18H,9H2,1-2H3. The molecule has 0 unspecified atom stereocenters. The number of hydrogen-bond donors (Lipinski definition) is 1. The van der Waals surface area contributed by atoms with Gasteiger partial charge in [-0.05, 0) is 48.4 Å². The maximum atomic E-state index is 11.6. The third-order valence-corrected chi connectivity index (χ3v) is 4.81. The average Bonchev–Trinajstić information content (AvgIpc) is 2.38. The quantitative estimate of drug-likeness (QED) is 0.899. The van der Waals surface area contributed by atoms with Crippen LogP contribution in [0.3, 0.4) is 0 Å². The van der Waals surface area contributed by atoms with Crippen LogP contribution in [0.4, 0.5) is 5.69 Å². The SMILES string of the molecule is Cc1cc(Cl)ccc1CNc1cc(S(C)(=O)=O)ccc1Cl. The lowest BCUT2D eigenvalue weighted by Gasteiger charge is -2.12. The topological polar surface area (TPSA) is 46.2 Å². The molecule has 0 heterocycles. The van der Waals surface area contributed by atoms with Crippen LogP contribution in [0.25, 0.3) is 0 Å². The number of nitrogens with one attached hydrogen (secondary N) is 1. The maximum Gasteiger partial charge on any atom is 0.175 e. The molecule has 0 saturated heterocycles. The van der Waals surface area contributed by atoms with E-state index in [9.17, 15) is 8.42 Å². The maximum absolute atomic E-state index is 11.6. The van der Waals surface area contributed by atoms with E-state index < -0.39 is 9.84 Å². The highest BCUT2D eigenvalue weighted by atomic mass is 35.5. The average molecular weight is 344 g/mol. The minimum absolute atomic E-state index is 0.238. The van der Waals surface area contributed by atoms with Crippen LogP contribution < -0.4 is 5.32 Å². The number of hydrogen-bond acceptors (Lipinski definition) is 3. The van der Waals surface area contributed by atoms with Crippen LogP contribution in [0.1, 0.15) is 11.1 Å². The Balaban J connectivity index is 2.23. The second-order valence-corrected chi connectivity index (χ2v) is 7.70. The van der Waals surface area contributed by atoms with E-state index in [1.54, 1.807) is 12.1 Å². The molecular formula is C15H15Cl2NO2S. The molecule has 112 valence electrons. The van der Waals surface area contributed by atoms with Gasteiger partial charge >= 0.3 is 0 Å². The summed E-state index contributed by atoms with van der Waals surface area (Å²) in [5.74, 6) is 0. The van der Waals surface area contributed by atoms with Gasteiger partial charge in [-0.1, -0.05) is 29.3 Å². The number of rotatable bonds is 4. The fourth-order valence-corrected chi connectivity index (χ4v) is 2.98. The predicted octanol–water partition coefficient (Wildman–Crippen LogP) is 4.32. The third kappa shape index (κ3) is 4.13. The summed E-state index contributed by atoms with van der Waals surface area (Å²) in [5, 5.41) is 4.33. The molecule has 0 aliphatic rings. The van der Waals surface area contributed by atoms with Gasteiger partial charge in [-0.2, -0.15) is 0 Å². The highest BCUT2D eigenvalue weighted by molar-refractivity contribution is 7.90. The van der Waals surface area contributed by atoms with Gasteiger partial charge in [0.2, 0.25) is 0 Å². The van der Waals surface area contributed by atoms with E-state index in [4.69, 9.17) is 23.2 Å². The van der Waals surface area contributed by atoms with Crippen molar-refractivity contribution in [3.05, 3.63) is 57.6 Å². The lowest BCUT2D eigenvalue weighted by atomic mass is 10.1. The Morgan fingerprint density at radius 1 is 1.10 bits per heavy atom. The van der Waals surface area contributed by atoms with Crippen LogP contribution in [0.2, 0.25) is 10.0 Å². The Morgan fingerprint density at radius 3 is 2.43 bits per heavy atom. The van der Waals surface area contributed by atoms with E-state index in [1.165, 1.54) is 12.3 Å². The van der Waals surface area contributed by atoms with Crippen molar-refractivity contribution < 1.29 is 8.42 Å². The van der Waals surface area contributed by atoms with Crippen molar-refractivity contribution in [2.24, 2.45) is 0 Å². The molecule has 6 heteroatoms. The van der Waals surface area contributed by atoms with Gasteiger partial charge in [-0.25, -0.2) is 8.42 Å². The second kappa shape index (κ2) is 6.26. The molecule has 1 N–H and O–H groups in total. The first kappa shape index (κ1) is 16.1. The number of sulfone groups is 1. The summed E-state index contributed by atoms with van der Waals surface area (Å²) in [4.78, 5) is 0.238.